The maximum atomic E-state index is 9.96. The molecule has 0 spiro atoms. The van der Waals surface area contributed by atoms with Crippen LogP contribution in [0.5, 0.6) is 5.75 Å². The Hall–Kier alpha value is -1.18. The monoisotopic (exact) mass is 338 g/mol. The molecule has 0 radical (unpaired) electrons. The molecule has 1 aromatic carbocycles. The van der Waals surface area contributed by atoms with Crippen LogP contribution in [0.4, 0.5) is 0 Å². The van der Waals surface area contributed by atoms with E-state index in [-0.39, 0.29) is 0 Å². The first kappa shape index (κ1) is 19.1. The summed E-state index contributed by atoms with van der Waals surface area (Å²) in [5.74, 6) is 0.813. The molecule has 24 heavy (non-hydrogen) atoms. The molecule has 1 aromatic rings. The second-order valence-corrected chi connectivity index (χ2v) is 5.99. The number of nitrogens with zero attached hydrogens (tertiary/aromatic N) is 1. The Labute approximate surface area is 144 Å². The van der Waals surface area contributed by atoms with Crippen LogP contribution >= 0.6 is 0 Å². The quantitative estimate of drug-likeness (QED) is 0.584. The van der Waals surface area contributed by atoms with Gasteiger partial charge in [0.05, 0.1) is 39.6 Å². The van der Waals surface area contributed by atoms with Crippen LogP contribution < -0.4 is 10.1 Å². The van der Waals surface area contributed by atoms with E-state index >= 15 is 0 Å². The minimum Gasteiger partial charge on any atom is -0.496 e. The molecule has 1 atom stereocenters. The Balaban J connectivity index is 1.49. The van der Waals surface area contributed by atoms with Crippen LogP contribution in [0, 0.1) is 0 Å². The highest BCUT2D eigenvalue weighted by Crippen LogP contribution is 2.17. The van der Waals surface area contributed by atoms with Crippen molar-refractivity contribution in [3.8, 4) is 5.75 Å². The Bertz CT molecular complexity index is 452. The van der Waals surface area contributed by atoms with Crippen LogP contribution in [0.1, 0.15) is 12.0 Å². The number of aliphatic hydroxyl groups excluding tert-OH is 1. The van der Waals surface area contributed by atoms with Crippen LogP contribution in [-0.2, 0) is 16.1 Å². The zero-order valence-corrected chi connectivity index (χ0v) is 14.6. The molecule has 2 N–H and O–H groups in total. The van der Waals surface area contributed by atoms with E-state index in [0.29, 0.717) is 19.8 Å². The zero-order valence-electron chi connectivity index (χ0n) is 14.6. The smallest absolute Gasteiger partial charge is 0.124 e. The van der Waals surface area contributed by atoms with Gasteiger partial charge in [-0.1, -0.05) is 18.2 Å². The number of aliphatic hydroxyl groups is 1. The van der Waals surface area contributed by atoms with Gasteiger partial charge in [-0.3, -0.25) is 4.90 Å². The summed E-state index contributed by atoms with van der Waals surface area (Å²) in [4.78, 5) is 2.41. The number of morpholine rings is 1. The molecular weight excluding hydrogens is 308 g/mol. The molecule has 1 aliphatic rings. The van der Waals surface area contributed by atoms with Gasteiger partial charge in [-0.25, -0.2) is 0 Å². The molecule has 0 saturated carbocycles. The third kappa shape index (κ3) is 7.15. The molecular formula is C18H30N2O4. The van der Waals surface area contributed by atoms with Gasteiger partial charge < -0.3 is 24.6 Å². The lowest BCUT2D eigenvalue weighted by Gasteiger charge is -2.26. The highest BCUT2D eigenvalue weighted by molar-refractivity contribution is 5.32. The Kier molecular flexibility index (Phi) is 9.09. The van der Waals surface area contributed by atoms with Crippen molar-refractivity contribution in [3.63, 3.8) is 0 Å². The van der Waals surface area contributed by atoms with E-state index in [0.717, 1.165) is 57.1 Å². The van der Waals surface area contributed by atoms with E-state index in [1.807, 2.05) is 24.3 Å². The highest BCUT2D eigenvalue weighted by Gasteiger charge is 2.10. The Morgan fingerprint density at radius 1 is 1.29 bits per heavy atom. The van der Waals surface area contributed by atoms with Gasteiger partial charge in [-0.05, 0) is 25.6 Å². The van der Waals surface area contributed by atoms with Crippen molar-refractivity contribution < 1.29 is 19.3 Å². The van der Waals surface area contributed by atoms with Crippen molar-refractivity contribution in [2.24, 2.45) is 0 Å². The van der Waals surface area contributed by atoms with E-state index < -0.39 is 6.10 Å². The molecule has 0 unspecified atom stereocenters. The summed E-state index contributed by atoms with van der Waals surface area (Å²) in [6.45, 7) is 7.03. The predicted octanol–water partition coefficient (Wildman–Crippen LogP) is 0.885. The third-order valence-electron chi connectivity index (χ3n) is 4.07. The summed E-state index contributed by atoms with van der Waals surface area (Å²) >= 11 is 0. The second kappa shape index (κ2) is 11.4. The number of ether oxygens (including phenoxy) is 3. The summed E-state index contributed by atoms with van der Waals surface area (Å²) in [5, 5.41) is 13.2. The first-order valence-corrected chi connectivity index (χ1v) is 8.68. The van der Waals surface area contributed by atoms with E-state index in [9.17, 15) is 5.11 Å². The highest BCUT2D eigenvalue weighted by atomic mass is 16.5. The summed E-state index contributed by atoms with van der Waals surface area (Å²) in [7, 11) is 1.65. The number of benzene rings is 1. The number of rotatable bonds is 11. The molecule has 0 aromatic heterocycles. The largest absolute Gasteiger partial charge is 0.496 e. The first-order chi connectivity index (χ1) is 11.8. The summed E-state index contributed by atoms with van der Waals surface area (Å²) < 4.78 is 16.2. The van der Waals surface area contributed by atoms with Crippen LogP contribution in [0.3, 0.4) is 0 Å². The van der Waals surface area contributed by atoms with Crippen LogP contribution in [0.25, 0.3) is 0 Å². The molecule has 1 aliphatic heterocycles. The van der Waals surface area contributed by atoms with Crippen molar-refractivity contribution >= 4 is 0 Å². The lowest BCUT2D eigenvalue weighted by Crippen LogP contribution is -2.38. The van der Waals surface area contributed by atoms with Crippen LogP contribution in [-0.4, -0.2) is 75.8 Å². The Morgan fingerprint density at radius 2 is 2.08 bits per heavy atom. The van der Waals surface area contributed by atoms with Crippen molar-refractivity contribution in [1.82, 2.24) is 10.2 Å². The molecule has 6 heteroatoms. The molecule has 0 aliphatic carbocycles. The topological polar surface area (TPSA) is 63.2 Å². The number of methoxy groups -OCH3 is 1. The molecule has 0 bridgehead atoms. The SMILES string of the molecule is COc1ccccc1COC[C@@H](O)CNCCCN1CCOCC1. The lowest BCUT2D eigenvalue weighted by atomic mass is 10.2. The minimum absolute atomic E-state index is 0.314. The Morgan fingerprint density at radius 3 is 2.88 bits per heavy atom. The summed E-state index contributed by atoms with van der Waals surface area (Å²) in [6, 6.07) is 7.76. The molecule has 1 heterocycles. The normalized spacial score (nSPS) is 16.9. The van der Waals surface area contributed by atoms with Gasteiger partial charge >= 0.3 is 0 Å². The average Bonchev–Trinajstić information content (AvgIpc) is 2.63. The van der Waals surface area contributed by atoms with Gasteiger partial charge in [0.2, 0.25) is 0 Å². The molecule has 1 fully saturated rings. The third-order valence-corrected chi connectivity index (χ3v) is 4.07. The first-order valence-electron chi connectivity index (χ1n) is 8.68. The lowest BCUT2D eigenvalue weighted by molar-refractivity contribution is 0.0273. The van der Waals surface area contributed by atoms with Gasteiger partial charge in [0.15, 0.2) is 0 Å². The van der Waals surface area contributed by atoms with E-state index in [1.54, 1.807) is 7.11 Å². The maximum Gasteiger partial charge on any atom is 0.124 e. The minimum atomic E-state index is -0.497. The number of nitrogens with one attached hydrogen (secondary N) is 1. The van der Waals surface area contributed by atoms with Gasteiger partial charge in [0.25, 0.3) is 0 Å². The standard InChI is InChI=1S/C18H30N2O4/c1-22-18-6-3-2-5-16(18)14-24-15-17(21)13-19-7-4-8-20-9-11-23-12-10-20/h2-3,5-6,17,19,21H,4,7-15H2,1H3/t17-/m0/s1. The van der Waals surface area contributed by atoms with Crippen LogP contribution in [0.2, 0.25) is 0 Å². The summed E-state index contributed by atoms with van der Waals surface area (Å²) in [6.07, 6.45) is 0.581. The fraction of sp³-hybridized carbons (Fsp3) is 0.667. The maximum absolute atomic E-state index is 9.96. The number of para-hydroxylation sites is 1. The molecule has 1 saturated heterocycles. The predicted molar refractivity (Wildman–Crippen MR) is 93.4 cm³/mol. The van der Waals surface area contributed by atoms with Gasteiger partial charge in [0.1, 0.15) is 5.75 Å². The fourth-order valence-electron chi connectivity index (χ4n) is 2.71. The van der Waals surface area contributed by atoms with Crippen LogP contribution in [0.15, 0.2) is 24.3 Å². The summed E-state index contributed by atoms with van der Waals surface area (Å²) in [5.41, 5.74) is 0.991. The zero-order chi connectivity index (χ0) is 17.0. The van der Waals surface area contributed by atoms with E-state index in [1.165, 1.54) is 0 Å². The van der Waals surface area contributed by atoms with Crippen molar-refractivity contribution in [2.45, 2.75) is 19.1 Å². The molecule has 136 valence electrons. The van der Waals surface area contributed by atoms with Crippen molar-refractivity contribution in [3.05, 3.63) is 29.8 Å². The van der Waals surface area contributed by atoms with Gasteiger partial charge in [-0.15, -0.1) is 0 Å². The molecule has 0 amide bonds. The van der Waals surface area contributed by atoms with E-state index in [2.05, 4.69) is 10.2 Å². The fourth-order valence-corrected chi connectivity index (χ4v) is 2.71. The number of hydrogen-bond acceptors (Lipinski definition) is 6. The van der Waals surface area contributed by atoms with Gasteiger partial charge in [-0.2, -0.15) is 0 Å². The van der Waals surface area contributed by atoms with Crippen molar-refractivity contribution in [2.75, 3.05) is 59.7 Å². The second-order valence-electron chi connectivity index (χ2n) is 5.99. The number of hydrogen-bond donors (Lipinski definition) is 2. The van der Waals surface area contributed by atoms with Crippen molar-refractivity contribution in [1.29, 1.82) is 0 Å². The van der Waals surface area contributed by atoms with E-state index in [4.69, 9.17) is 14.2 Å². The molecule has 2 rings (SSSR count). The van der Waals surface area contributed by atoms with Gasteiger partial charge in [0, 0.05) is 25.2 Å². The average molecular weight is 338 g/mol. The molecule has 6 nitrogen and oxygen atoms in total.